The first-order valence-electron chi connectivity index (χ1n) is 9.88. The van der Waals surface area contributed by atoms with Gasteiger partial charge in [-0.15, -0.1) is 6.58 Å². The molecule has 1 aliphatic rings. The summed E-state index contributed by atoms with van der Waals surface area (Å²) >= 11 is 0. The van der Waals surface area contributed by atoms with Crippen LogP contribution in [0, 0.1) is 11.8 Å². The topological polar surface area (TPSA) is 35.5 Å². The van der Waals surface area contributed by atoms with Crippen LogP contribution in [0.5, 0.6) is 0 Å². The van der Waals surface area contributed by atoms with Crippen molar-refractivity contribution in [3.63, 3.8) is 0 Å². The zero-order chi connectivity index (χ0) is 19.6. The van der Waals surface area contributed by atoms with Crippen LogP contribution in [0.2, 0.25) is 16.6 Å². The van der Waals surface area contributed by atoms with E-state index in [2.05, 4.69) is 48.1 Å². The lowest BCUT2D eigenvalue weighted by Crippen LogP contribution is -2.50. The van der Waals surface area contributed by atoms with Crippen LogP contribution in [0.1, 0.15) is 75.2 Å². The van der Waals surface area contributed by atoms with Crippen molar-refractivity contribution in [3.8, 4) is 0 Å². The zero-order valence-electron chi connectivity index (χ0n) is 17.9. The molecule has 0 heterocycles. The highest BCUT2D eigenvalue weighted by Gasteiger charge is 2.54. The Labute approximate surface area is 156 Å². The van der Waals surface area contributed by atoms with Crippen LogP contribution in [0.25, 0.3) is 0 Å². The van der Waals surface area contributed by atoms with Gasteiger partial charge in [0.25, 0.3) is 0 Å². The highest BCUT2D eigenvalue weighted by atomic mass is 28.4. The smallest absolute Gasteiger partial charge is 0.309 e. The van der Waals surface area contributed by atoms with Crippen LogP contribution in [0.3, 0.4) is 0 Å². The lowest BCUT2D eigenvalue weighted by molar-refractivity contribution is -0.157. The standard InChI is InChI=1S/C21H40O3Si/c1-11-12-19(17-13-18(17)20(22)23-21(8,9)10)24-25(14(2)3,15(4)5)16(6)7/h11,14-19H,1,12-13H2,2-10H3/t17-,18-,19+/m1/s1. The van der Waals surface area contributed by atoms with Crippen molar-refractivity contribution < 1.29 is 14.0 Å². The summed E-state index contributed by atoms with van der Waals surface area (Å²) < 4.78 is 12.5. The van der Waals surface area contributed by atoms with Crippen molar-refractivity contribution in [1.29, 1.82) is 0 Å². The summed E-state index contributed by atoms with van der Waals surface area (Å²) in [6, 6.07) is 0. The number of carbonyl (C=O) groups is 1. The maximum absolute atomic E-state index is 12.4. The average Bonchev–Trinajstić information content (AvgIpc) is 3.20. The number of carbonyl (C=O) groups excluding carboxylic acids is 1. The van der Waals surface area contributed by atoms with Crippen LogP contribution in [-0.4, -0.2) is 26.0 Å². The Hall–Kier alpha value is -0.613. The predicted octanol–water partition coefficient (Wildman–Crippen LogP) is 6.10. The van der Waals surface area contributed by atoms with Gasteiger partial charge in [-0.25, -0.2) is 0 Å². The second-order valence-corrected chi connectivity index (χ2v) is 14.9. The Morgan fingerprint density at radius 3 is 1.96 bits per heavy atom. The normalized spacial score (nSPS) is 22.4. The molecule has 0 radical (unpaired) electrons. The molecule has 0 saturated heterocycles. The van der Waals surface area contributed by atoms with Gasteiger partial charge in [0.05, 0.1) is 12.0 Å². The van der Waals surface area contributed by atoms with Gasteiger partial charge in [-0.3, -0.25) is 4.79 Å². The molecule has 0 aromatic rings. The first kappa shape index (κ1) is 22.4. The molecule has 1 aliphatic carbocycles. The molecule has 0 spiro atoms. The molecule has 1 rings (SSSR count). The fourth-order valence-corrected chi connectivity index (χ4v) is 10.0. The number of ether oxygens (including phenoxy) is 1. The van der Waals surface area contributed by atoms with Crippen molar-refractivity contribution in [3.05, 3.63) is 12.7 Å². The number of hydrogen-bond donors (Lipinski definition) is 0. The zero-order valence-corrected chi connectivity index (χ0v) is 18.9. The summed E-state index contributed by atoms with van der Waals surface area (Å²) in [7, 11) is -1.96. The maximum atomic E-state index is 12.4. The van der Waals surface area contributed by atoms with Gasteiger partial charge in [-0.1, -0.05) is 47.6 Å². The molecule has 0 N–H and O–H groups in total. The molecule has 0 aliphatic heterocycles. The Morgan fingerprint density at radius 1 is 1.12 bits per heavy atom. The molecule has 146 valence electrons. The van der Waals surface area contributed by atoms with E-state index >= 15 is 0 Å². The molecule has 1 fully saturated rings. The van der Waals surface area contributed by atoms with E-state index in [4.69, 9.17) is 9.16 Å². The average molecular weight is 369 g/mol. The molecule has 25 heavy (non-hydrogen) atoms. The monoisotopic (exact) mass is 368 g/mol. The van der Waals surface area contributed by atoms with Crippen LogP contribution in [0.4, 0.5) is 0 Å². The maximum Gasteiger partial charge on any atom is 0.309 e. The number of hydrogen-bond acceptors (Lipinski definition) is 3. The fourth-order valence-electron chi connectivity index (χ4n) is 4.42. The van der Waals surface area contributed by atoms with Crippen LogP contribution < -0.4 is 0 Å². The highest BCUT2D eigenvalue weighted by molar-refractivity contribution is 6.77. The number of esters is 1. The SMILES string of the molecule is C=CC[C@H](O[Si](C(C)C)(C(C)C)C(C)C)[C@@H]1C[C@H]1C(=O)OC(C)(C)C. The third kappa shape index (κ3) is 5.43. The van der Waals surface area contributed by atoms with E-state index in [1.165, 1.54) is 0 Å². The van der Waals surface area contributed by atoms with E-state index in [1.807, 2.05) is 26.8 Å². The van der Waals surface area contributed by atoms with E-state index in [0.717, 1.165) is 12.8 Å². The molecule has 0 bridgehead atoms. The highest BCUT2D eigenvalue weighted by Crippen LogP contribution is 2.50. The van der Waals surface area contributed by atoms with Gasteiger partial charge in [0, 0.05) is 0 Å². The van der Waals surface area contributed by atoms with Crippen molar-refractivity contribution in [2.45, 2.75) is 103 Å². The number of rotatable bonds is 9. The lowest BCUT2D eigenvalue weighted by Gasteiger charge is -2.44. The van der Waals surface area contributed by atoms with Gasteiger partial charge in [-0.2, -0.15) is 0 Å². The van der Waals surface area contributed by atoms with E-state index in [-0.39, 0.29) is 23.9 Å². The molecule has 0 unspecified atom stereocenters. The van der Waals surface area contributed by atoms with Crippen molar-refractivity contribution in [2.24, 2.45) is 11.8 Å². The molecule has 3 atom stereocenters. The lowest BCUT2D eigenvalue weighted by atomic mass is 10.1. The van der Waals surface area contributed by atoms with E-state index < -0.39 is 13.9 Å². The van der Waals surface area contributed by atoms with Gasteiger partial charge in [0.1, 0.15) is 5.60 Å². The third-order valence-corrected chi connectivity index (χ3v) is 11.6. The second-order valence-electron chi connectivity index (χ2n) is 9.54. The van der Waals surface area contributed by atoms with Crippen molar-refractivity contribution >= 4 is 14.3 Å². The third-order valence-electron chi connectivity index (χ3n) is 5.49. The van der Waals surface area contributed by atoms with Crippen molar-refractivity contribution in [1.82, 2.24) is 0 Å². The molecular weight excluding hydrogens is 328 g/mol. The van der Waals surface area contributed by atoms with Crippen LogP contribution in [0.15, 0.2) is 12.7 Å². The summed E-state index contributed by atoms with van der Waals surface area (Å²) in [4.78, 5) is 12.4. The van der Waals surface area contributed by atoms with E-state index in [9.17, 15) is 4.79 Å². The minimum atomic E-state index is -1.96. The van der Waals surface area contributed by atoms with E-state index in [0.29, 0.717) is 16.6 Å². The van der Waals surface area contributed by atoms with Gasteiger partial charge in [0.2, 0.25) is 8.32 Å². The van der Waals surface area contributed by atoms with Gasteiger partial charge < -0.3 is 9.16 Å². The Balaban J connectivity index is 2.94. The van der Waals surface area contributed by atoms with Crippen LogP contribution >= 0.6 is 0 Å². The van der Waals surface area contributed by atoms with Crippen molar-refractivity contribution in [2.75, 3.05) is 0 Å². The largest absolute Gasteiger partial charge is 0.460 e. The molecule has 1 saturated carbocycles. The molecule has 3 nitrogen and oxygen atoms in total. The quantitative estimate of drug-likeness (QED) is 0.280. The Morgan fingerprint density at radius 2 is 1.60 bits per heavy atom. The van der Waals surface area contributed by atoms with Gasteiger partial charge in [0.15, 0.2) is 0 Å². The van der Waals surface area contributed by atoms with Gasteiger partial charge >= 0.3 is 5.97 Å². The molecule has 4 heteroatoms. The predicted molar refractivity (Wildman–Crippen MR) is 108 cm³/mol. The minimum Gasteiger partial charge on any atom is -0.460 e. The first-order chi connectivity index (χ1) is 11.4. The summed E-state index contributed by atoms with van der Waals surface area (Å²) in [6.07, 6.45) is 3.72. The molecular formula is C21H40O3Si. The summed E-state index contributed by atoms with van der Waals surface area (Å²) in [6.45, 7) is 23.5. The first-order valence-corrected chi connectivity index (χ1v) is 12.0. The Bertz CT molecular complexity index is 440. The summed E-state index contributed by atoms with van der Waals surface area (Å²) in [5.74, 6) is 0.194. The minimum absolute atomic E-state index is 0.0117. The van der Waals surface area contributed by atoms with Crippen LogP contribution in [-0.2, 0) is 14.0 Å². The molecule has 0 aromatic carbocycles. The second kappa shape index (κ2) is 8.39. The molecule has 0 aromatic heterocycles. The Kier molecular flexibility index (Phi) is 7.52. The van der Waals surface area contributed by atoms with E-state index in [1.54, 1.807) is 0 Å². The van der Waals surface area contributed by atoms with Gasteiger partial charge in [-0.05, 0) is 56.2 Å². The molecule has 0 amide bonds. The summed E-state index contributed by atoms with van der Waals surface area (Å²) in [5.41, 5.74) is 1.20. The summed E-state index contributed by atoms with van der Waals surface area (Å²) in [5, 5.41) is 0. The fraction of sp³-hybridized carbons (Fsp3) is 0.857.